The van der Waals surface area contributed by atoms with Gasteiger partial charge in [0, 0.05) is 0 Å². The lowest BCUT2D eigenvalue weighted by atomic mass is 10.1. The summed E-state index contributed by atoms with van der Waals surface area (Å²) in [7, 11) is 0. The third kappa shape index (κ3) is 6.63. The van der Waals surface area contributed by atoms with Crippen LogP contribution >= 0.6 is 0 Å². The van der Waals surface area contributed by atoms with Crippen LogP contribution in [-0.2, 0) is 0 Å². The Morgan fingerprint density at radius 1 is 0.947 bits per heavy atom. The van der Waals surface area contributed by atoms with Crippen molar-refractivity contribution < 1.29 is 9.84 Å². The monoisotopic (exact) mass is 264 g/mol. The van der Waals surface area contributed by atoms with E-state index < -0.39 is 0 Å². The van der Waals surface area contributed by atoms with Crippen LogP contribution in [0.3, 0.4) is 0 Å². The van der Waals surface area contributed by atoms with Crippen LogP contribution in [0.4, 0.5) is 0 Å². The maximum Gasteiger partial charge on any atom is 0.119 e. The highest BCUT2D eigenvalue weighted by Crippen LogP contribution is 2.20. The number of benzene rings is 1. The number of ether oxygens (including phenoxy) is 1. The zero-order chi connectivity index (χ0) is 13.9. The Hall–Kier alpha value is -1.02. The van der Waals surface area contributed by atoms with E-state index in [1.807, 2.05) is 31.2 Å². The van der Waals surface area contributed by atoms with Gasteiger partial charge in [-0.15, -0.1) is 0 Å². The second-order valence-electron chi connectivity index (χ2n) is 5.11. The van der Waals surface area contributed by atoms with Crippen molar-refractivity contribution >= 4 is 0 Å². The molecule has 1 aromatic rings. The molecule has 1 rings (SSSR count). The molecule has 0 heterocycles. The van der Waals surface area contributed by atoms with Crippen LogP contribution in [-0.4, -0.2) is 11.7 Å². The minimum Gasteiger partial charge on any atom is -0.494 e. The van der Waals surface area contributed by atoms with Crippen molar-refractivity contribution in [2.24, 2.45) is 0 Å². The summed E-state index contributed by atoms with van der Waals surface area (Å²) in [5.74, 6) is 0.903. The predicted molar refractivity (Wildman–Crippen MR) is 80.6 cm³/mol. The minimum atomic E-state index is -0.354. The fourth-order valence-corrected chi connectivity index (χ4v) is 2.09. The third-order valence-electron chi connectivity index (χ3n) is 3.42. The van der Waals surface area contributed by atoms with E-state index in [0.29, 0.717) is 0 Å². The molecular formula is C17H28O2. The molecule has 19 heavy (non-hydrogen) atoms. The van der Waals surface area contributed by atoms with Gasteiger partial charge in [-0.05, 0) is 30.5 Å². The molecular weight excluding hydrogens is 236 g/mol. The smallest absolute Gasteiger partial charge is 0.119 e. The number of hydrogen-bond acceptors (Lipinski definition) is 2. The molecule has 1 aromatic carbocycles. The average molecular weight is 264 g/mol. The van der Waals surface area contributed by atoms with E-state index in [9.17, 15) is 5.11 Å². The van der Waals surface area contributed by atoms with Crippen LogP contribution in [0.2, 0.25) is 0 Å². The Morgan fingerprint density at radius 2 is 1.58 bits per heavy atom. The zero-order valence-corrected chi connectivity index (χ0v) is 12.4. The summed E-state index contributed by atoms with van der Waals surface area (Å²) in [5.41, 5.74) is 0.967. The first kappa shape index (κ1) is 16.0. The molecule has 0 amide bonds. The minimum absolute atomic E-state index is 0.354. The fourth-order valence-electron chi connectivity index (χ4n) is 2.09. The number of aliphatic hydroxyl groups excluding tert-OH is 1. The molecule has 2 heteroatoms. The Bertz CT molecular complexity index is 319. The summed E-state index contributed by atoms with van der Waals surface area (Å²) < 4.78 is 5.70. The van der Waals surface area contributed by atoms with Crippen LogP contribution in [0.5, 0.6) is 5.75 Å². The van der Waals surface area contributed by atoms with Crippen molar-refractivity contribution in [3.05, 3.63) is 29.8 Å². The molecule has 0 bridgehead atoms. The molecule has 0 radical (unpaired) electrons. The Kier molecular flexibility index (Phi) is 8.31. The van der Waals surface area contributed by atoms with E-state index in [2.05, 4.69) is 6.92 Å². The summed E-state index contributed by atoms with van der Waals surface area (Å²) in [5, 5.41) is 9.70. The number of rotatable bonds is 10. The average Bonchev–Trinajstić information content (AvgIpc) is 2.46. The molecule has 2 nitrogen and oxygen atoms in total. The maximum absolute atomic E-state index is 9.70. The highest BCUT2D eigenvalue weighted by atomic mass is 16.5. The molecule has 108 valence electrons. The lowest BCUT2D eigenvalue weighted by Crippen LogP contribution is -1.99. The van der Waals surface area contributed by atoms with Gasteiger partial charge in [0.05, 0.1) is 12.7 Å². The van der Waals surface area contributed by atoms with Gasteiger partial charge in [0.25, 0.3) is 0 Å². The van der Waals surface area contributed by atoms with Crippen LogP contribution in [0.1, 0.15) is 70.5 Å². The van der Waals surface area contributed by atoms with Gasteiger partial charge in [-0.1, -0.05) is 58.1 Å². The van der Waals surface area contributed by atoms with Gasteiger partial charge in [0.15, 0.2) is 0 Å². The molecule has 0 aliphatic heterocycles. The first-order chi connectivity index (χ1) is 9.27. The fraction of sp³-hybridized carbons (Fsp3) is 0.647. The van der Waals surface area contributed by atoms with Crippen LogP contribution < -0.4 is 4.74 Å². The van der Waals surface area contributed by atoms with Crippen molar-refractivity contribution in [3.63, 3.8) is 0 Å². The molecule has 0 saturated heterocycles. The normalized spacial score (nSPS) is 12.4. The van der Waals surface area contributed by atoms with Crippen molar-refractivity contribution in [3.8, 4) is 5.75 Å². The highest BCUT2D eigenvalue weighted by Gasteiger charge is 2.04. The summed E-state index contributed by atoms with van der Waals surface area (Å²) in [6.45, 7) is 5.01. The van der Waals surface area contributed by atoms with Gasteiger partial charge >= 0.3 is 0 Å². The molecule has 1 unspecified atom stereocenters. The molecule has 0 aromatic heterocycles. The van der Waals surface area contributed by atoms with E-state index in [1.165, 1.54) is 32.1 Å². The molecule has 0 spiro atoms. The third-order valence-corrected chi connectivity index (χ3v) is 3.42. The zero-order valence-electron chi connectivity index (χ0n) is 12.4. The number of unbranched alkanes of at least 4 members (excludes halogenated alkanes) is 5. The van der Waals surface area contributed by atoms with Gasteiger partial charge in [0.1, 0.15) is 5.75 Å². The van der Waals surface area contributed by atoms with Crippen LogP contribution in [0.25, 0.3) is 0 Å². The van der Waals surface area contributed by atoms with Crippen molar-refractivity contribution in [1.29, 1.82) is 0 Å². The van der Waals surface area contributed by atoms with Gasteiger partial charge in [0.2, 0.25) is 0 Å². The first-order valence-corrected chi connectivity index (χ1v) is 7.68. The van der Waals surface area contributed by atoms with Crippen molar-refractivity contribution in [2.45, 2.75) is 64.9 Å². The molecule has 0 saturated carbocycles. The second kappa shape index (κ2) is 9.85. The molecule has 0 fully saturated rings. The Morgan fingerprint density at radius 3 is 2.21 bits per heavy atom. The molecule has 0 aliphatic carbocycles. The maximum atomic E-state index is 9.70. The van der Waals surface area contributed by atoms with Gasteiger partial charge in [-0.25, -0.2) is 0 Å². The largest absolute Gasteiger partial charge is 0.494 e. The van der Waals surface area contributed by atoms with Gasteiger partial charge in [-0.2, -0.15) is 0 Å². The van der Waals surface area contributed by atoms with E-state index in [0.717, 1.165) is 30.8 Å². The first-order valence-electron chi connectivity index (χ1n) is 7.68. The molecule has 1 N–H and O–H groups in total. The van der Waals surface area contributed by atoms with Crippen molar-refractivity contribution in [1.82, 2.24) is 0 Å². The SMILES string of the molecule is CCCCCCCCOc1ccc(C(O)CC)cc1. The number of hydrogen-bond donors (Lipinski definition) is 1. The summed E-state index contributed by atoms with van der Waals surface area (Å²) in [6, 6.07) is 7.80. The predicted octanol–water partition coefficient (Wildman–Crippen LogP) is 4.87. The van der Waals surface area contributed by atoms with Gasteiger partial charge < -0.3 is 9.84 Å². The standard InChI is InChI=1S/C17H28O2/c1-3-5-6-7-8-9-14-19-16-12-10-15(11-13-16)17(18)4-2/h10-13,17-18H,3-9,14H2,1-2H3. The van der Waals surface area contributed by atoms with E-state index in [1.54, 1.807) is 0 Å². The summed E-state index contributed by atoms with van der Waals surface area (Å²) >= 11 is 0. The topological polar surface area (TPSA) is 29.5 Å². The Balaban J connectivity index is 2.16. The molecule has 0 aliphatic rings. The van der Waals surface area contributed by atoms with E-state index in [4.69, 9.17) is 4.74 Å². The quantitative estimate of drug-likeness (QED) is 0.611. The lowest BCUT2D eigenvalue weighted by Gasteiger charge is -2.10. The molecule has 1 atom stereocenters. The summed E-state index contributed by atoms with van der Waals surface area (Å²) in [4.78, 5) is 0. The number of aliphatic hydroxyl groups is 1. The van der Waals surface area contributed by atoms with Gasteiger partial charge in [-0.3, -0.25) is 0 Å². The Labute approximate surface area is 117 Å². The second-order valence-corrected chi connectivity index (χ2v) is 5.11. The van der Waals surface area contributed by atoms with E-state index in [-0.39, 0.29) is 6.10 Å². The summed E-state index contributed by atoms with van der Waals surface area (Å²) in [6.07, 6.45) is 8.09. The van der Waals surface area contributed by atoms with Crippen molar-refractivity contribution in [2.75, 3.05) is 6.61 Å². The van der Waals surface area contributed by atoms with Crippen LogP contribution in [0, 0.1) is 0 Å². The lowest BCUT2D eigenvalue weighted by molar-refractivity contribution is 0.173. The van der Waals surface area contributed by atoms with E-state index >= 15 is 0 Å². The van der Waals surface area contributed by atoms with Crippen LogP contribution in [0.15, 0.2) is 24.3 Å². The highest BCUT2D eigenvalue weighted by molar-refractivity contribution is 5.28.